The standard InChI is InChI=1S/C18H31N/c1-12-9-10-15-13-6-3-4-7-14(13)16-8-5-11-19(2)18(16)17(12)15/h12-18H,3-11H2,1-2H3. The van der Waals surface area contributed by atoms with E-state index in [9.17, 15) is 0 Å². The molecule has 3 saturated carbocycles. The highest BCUT2D eigenvalue weighted by molar-refractivity contribution is 5.06. The largest absolute Gasteiger partial charge is 0.303 e. The van der Waals surface area contributed by atoms with Gasteiger partial charge in [-0.15, -0.1) is 0 Å². The normalized spacial score (nSPS) is 54.3. The minimum absolute atomic E-state index is 0.954. The van der Waals surface area contributed by atoms with Gasteiger partial charge in [0.1, 0.15) is 0 Å². The van der Waals surface area contributed by atoms with Crippen LogP contribution >= 0.6 is 0 Å². The summed E-state index contributed by atoms with van der Waals surface area (Å²) in [5, 5.41) is 0. The summed E-state index contributed by atoms with van der Waals surface area (Å²) in [6.45, 7) is 3.93. The first-order valence-electron chi connectivity index (χ1n) is 8.97. The van der Waals surface area contributed by atoms with E-state index in [1.807, 2.05) is 0 Å². The molecule has 3 aliphatic carbocycles. The molecule has 1 heteroatoms. The van der Waals surface area contributed by atoms with E-state index in [0.29, 0.717) is 0 Å². The lowest BCUT2D eigenvalue weighted by molar-refractivity contribution is -0.0801. The van der Waals surface area contributed by atoms with Gasteiger partial charge in [-0.05, 0) is 81.2 Å². The van der Waals surface area contributed by atoms with Crippen LogP contribution < -0.4 is 0 Å². The Morgan fingerprint density at radius 3 is 2.21 bits per heavy atom. The lowest BCUT2D eigenvalue weighted by Gasteiger charge is -2.57. The second-order valence-corrected chi connectivity index (χ2v) is 8.19. The smallest absolute Gasteiger partial charge is 0.0157 e. The van der Waals surface area contributed by atoms with Crippen molar-refractivity contribution in [3.05, 3.63) is 0 Å². The van der Waals surface area contributed by atoms with Crippen LogP contribution in [0.25, 0.3) is 0 Å². The maximum absolute atomic E-state index is 2.78. The van der Waals surface area contributed by atoms with Gasteiger partial charge >= 0.3 is 0 Å². The third-order valence-electron chi connectivity index (χ3n) is 7.47. The summed E-state index contributed by atoms with van der Waals surface area (Å²) in [5.74, 6) is 6.44. The van der Waals surface area contributed by atoms with Crippen LogP contribution in [-0.4, -0.2) is 24.5 Å². The summed E-state index contributed by atoms with van der Waals surface area (Å²) in [6, 6.07) is 0.954. The molecule has 4 rings (SSSR count). The maximum Gasteiger partial charge on any atom is 0.0157 e. The van der Waals surface area contributed by atoms with E-state index in [-0.39, 0.29) is 0 Å². The maximum atomic E-state index is 2.78. The quantitative estimate of drug-likeness (QED) is 0.632. The number of fused-ring (bicyclic) bond motifs is 6. The van der Waals surface area contributed by atoms with Crippen molar-refractivity contribution in [1.29, 1.82) is 0 Å². The lowest BCUT2D eigenvalue weighted by Crippen LogP contribution is -2.58. The summed E-state index contributed by atoms with van der Waals surface area (Å²) in [5.41, 5.74) is 0. The van der Waals surface area contributed by atoms with Gasteiger partial charge in [-0.3, -0.25) is 0 Å². The Balaban J connectivity index is 1.70. The van der Waals surface area contributed by atoms with Crippen LogP contribution in [-0.2, 0) is 0 Å². The molecule has 0 amide bonds. The summed E-state index contributed by atoms with van der Waals surface area (Å²) < 4.78 is 0. The minimum Gasteiger partial charge on any atom is -0.303 e. The molecule has 1 aliphatic heterocycles. The molecule has 7 unspecified atom stereocenters. The third-order valence-corrected chi connectivity index (χ3v) is 7.47. The van der Waals surface area contributed by atoms with Gasteiger partial charge in [0.25, 0.3) is 0 Å². The van der Waals surface area contributed by atoms with E-state index >= 15 is 0 Å². The Hall–Kier alpha value is -0.0400. The zero-order chi connectivity index (χ0) is 13.0. The average molecular weight is 261 g/mol. The van der Waals surface area contributed by atoms with Gasteiger partial charge in [-0.2, -0.15) is 0 Å². The van der Waals surface area contributed by atoms with Crippen molar-refractivity contribution in [1.82, 2.24) is 4.90 Å². The Morgan fingerprint density at radius 1 is 0.737 bits per heavy atom. The Labute approximate surface area is 119 Å². The Morgan fingerprint density at radius 2 is 1.42 bits per heavy atom. The van der Waals surface area contributed by atoms with Crippen LogP contribution in [0.5, 0.6) is 0 Å². The molecule has 4 aliphatic rings. The van der Waals surface area contributed by atoms with Crippen molar-refractivity contribution in [2.45, 2.75) is 64.3 Å². The molecule has 19 heavy (non-hydrogen) atoms. The van der Waals surface area contributed by atoms with E-state index in [2.05, 4.69) is 18.9 Å². The molecular formula is C18H31N. The van der Waals surface area contributed by atoms with Crippen LogP contribution in [0.15, 0.2) is 0 Å². The van der Waals surface area contributed by atoms with Crippen molar-refractivity contribution in [3.63, 3.8) is 0 Å². The van der Waals surface area contributed by atoms with Gasteiger partial charge in [0, 0.05) is 6.04 Å². The summed E-state index contributed by atoms with van der Waals surface area (Å²) in [6.07, 6.45) is 12.3. The van der Waals surface area contributed by atoms with Crippen LogP contribution in [0.3, 0.4) is 0 Å². The van der Waals surface area contributed by atoms with Crippen LogP contribution in [0.4, 0.5) is 0 Å². The molecule has 1 nitrogen and oxygen atoms in total. The highest BCUT2D eigenvalue weighted by Gasteiger charge is 2.55. The van der Waals surface area contributed by atoms with E-state index < -0.39 is 0 Å². The first kappa shape index (κ1) is 12.7. The van der Waals surface area contributed by atoms with E-state index in [1.165, 1.54) is 32.2 Å². The fraction of sp³-hybridized carbons (Fsp3) is 1.00. The summed E-state index contributed by atoms with van der Waals surface area (Å²) >= 11 is 0. The number of rotatable bonds is 0. The second kappa shape index (κ2) is 4.76. The van der Waals surface area contributed by atoms with Gasteiger partial charge in [-0.1, -0.05) is 26.2 Å². The number of likely N-dealkylation sites (tertiary alicyclic amines) is 1. The highest BCUT2D eigenvalue weighted by Crippen LogP contribution is 2.59. The monoisotopic (exact) mass is 261 g/mol. The molecular weight excluding hydrogens is 230 g/mol. The van der Waals surface area contributed by atoms with Crippen molar-refractivity contribution in [2.24, 2.45) is 35.5 Å². The van der Waals surface area contributed by atoms with E-state index in [1.54, 1.807) is 25.7 Å². The Kier molecular flexibility index (Phi) is 3.17. The van der Waals surface area contributed by atoms with Crippen molar-refractivity contribution in [3.8, 4) is 0 Å². The van der Waals surface area contributed by atoms with E-state index in [0.717, 1.165) is 41.5 Å². The predicted molar refractivity (Wildman–Crippen MR) is 80.0 cm³/mol. The number of nitrogens with zero attached hydrogens (tertiary/aromatic N) is 1. The van der Waals surface area contributed by atoms with Crippen LogP contribution in [0.2, 0.25) is 0 Å². The molecule has 0 radical (unpaired) electrons. The molecule has 0 aromatic carbocycles. The molecule has 108 valence electrons. The van der Waals surface area contributed by atoms with Crippen molar-refractivity contribution in [2.75, 3.05) is 13.6 Å². The highest BCUT2D eigenvalue weighted by atomic mass is 15.2. The van der Waals surface area contributed by atoms with Crippen LogP contribution in [0.1, 0.15) is 58.3 Å². The predicted octanol–water partition coefficient (Wildman–Crippen LogP) is 4.18. The topological polar surface area (TPSA) is 3.24 Å². The number of hydrogen-bond donors (Lipinski definition) is 0. The third kappa shape index (κ3) is 1.83. The fourth-order valence-corrected chi connectivity index (χ4v) is 6.87. The molecule has 0 aromatic rings. The first-order valence-corrected chi connectivity index (χ1v) is 8.97. The molecule has 4 fully saturated rings. The minimum atomic E-state index is 0.954. The SMILES string of the molecule is CC1CCC2C3CCCCC3C3CCCN(C)C3C12. The average Bonchev–Trinajstić information content (AvgIpc) is 2.82. The second-order valence-electron chi connectivity index (χ2n) is 8.19. The lowest BCUT2D eigenvalue weighted by atomic mass is 9.53. The molecule has 1 saturated heterocycles. The van der Waals surface area contributed by atoms with Crippen molar-refractivity contribution < 1.29 is 0 Å². The summed E-state index contributed by atoms with van der Waals surface area (Å²) in [7, 11) is 2.43. The van der Waals surface area contributed by atoms with E-state index in [4.69, 9.17) is 0 Å². The van der Waals surface area contributed by atoms with Gasteiger partial charge in [0.15, 0.2) is 0 Å². The molecule has 0 aromatic heterocycles. The van der Waals surface area contributed by atoms with Gasteiger partial charge < -0.3 is 4.90 Å². The van der Waals surface area contributed by atoms with Crippen molar-refractivity contribution >= 4 is 0 Å². The number of hydrogen-bond acceptors (Lipinski definition) is 1. The molecule has 1 heterocycles. The zero-order valence-corrected chi connectivity index (χ0v) is 12.9. The molecule has 7 atom stereocenters. The zero-order valence-electron chi connectivity index (χ0n) is 12.9. The van der Waals surface area contributed by atoms with Gasteiger partial charge in [-0.25, -0.2) is 0 Å². The molecule has 0 bridgehead atoms. The molecule has 0 N–H and O–H groups in total. The van der Waals surface area contributed by atoms with Gasteiger partial charge in [0.2, 0.25) is 0 Å². The van der Waals surface area contributed by atoms with Gasteiger partial charge in [0.05, 0.1) is 0 Å². The fourth-order valence-electron chi connectivity index (χ4n) is 6.87. The first-order chi connectivity index (χ1) is 9.27. The summed E-state index contributed by atoms with van der Waals surface area (Å²) in [4.78, 5) is 2.78. The molecule has 0 spiro atoms. The number of piperidine rings is 1. The Bertz CT molecular complexity index is 335. The van der Waals surface area contributed by atoms with Crippen LogP contribution in [0, 0.1) is 35.5 Å².